The number of benzene rings is 2. The normalized spacial score (nSPS) is 13.5. The monoisotopic (exact) mass is 448 g/mol. The molecule has 1 amide bonds. The highest BCUT2D eigenvalue weighted by atomic mass is 35.5. The van der Waals surface area contributed by atoms with Gasteiger partial charge in [-0.1, -0.05) is 23.7 Å². The molecule has 0 unspecified atom stereocenters. The lowest BCUT2D eigenvalue weighted by Crippen LogP contribution is -2.15. The molecule has 5 rings (SSSR count). The lowest BCUT2D eigenvalue weighted by Gasteiger charge is -2.11. The second-order valence-corrected chi connectivity index (χ2v) is 8.75. The number of nitrogens with one attached hydrogen (secondary N) is 1. The summed E-state index contributed by atoms with van der Waals surface area (Å²) in [4.78, 5) is 18.1. The number of anilines is 1. The summed E-state index contributed by atoms with van der Waals surface area (Å²) in [5.74, 6) is -0.0667. The number of nitrogens with zero attached hydrogens (tertiary/aromatic N) is 3. The molecule has 32 heavy (non-hydrogen) atoms. The number of halogens is 2. The van der Waals surface area contributed by atoms with Gasteiger partial charge in [-0.3, -0.25) is 14.5 Å². The van der Waals surface area contributed by atoms with Crippen LogP contribution in [0.4, 0.5) is 10.1 Å². The lowest BCUT2D eigenvalue weighted by atomic mass is 10.0. The molecule has 0 aliphatic heterocycles. The van der Waals surface area contributed by atoms with E-state index in [2.05, 4.69) is 10.4 Å². The SMILES string of the molecule is Cc1nn(Cc2ccc(F)cc2)c(C)c1NC(=O)c1cc(C2CC2)nc2ccc(Cl)cc12. The number of aryl methyl sites for hydroxylation is 1. The molecule has 2 aromatic heterocycles. The van der Waals surface area contributed by atoms with Crippen LogP contribution in [0.15, 0.2) is 48.5 Å². The van der Waals surface area contributed by atoms with Gasteiger partial charge in [0, 0.05) is 22.0 Å². The van der Waals surface area contributed by atoms with Crippen LogP contribution in [-0.4, -0.2) is 20.7 Å². The van der Waals surface area contributed by atoms with Gasteiger partial charge in [0.15, 0.2) is 0 Å². The summed E-state index contributed by atoms with van der Waals surface area (Å²) in [6.45, 7) is 4.26. The van der Waals surface area contributed by atoms with Gasteiger partial charge >= 0.3 is 0 Å². The summed E-state index contributed by atoms with van der Waals surface area (Å²) in [5.41, 5.74) is 5.44. The van der Waals surface area contributed by atoms with E-state index < -0.39 is 0 Å². The zero-order valence-electron chi connectivity index (χ0n) is 17.8. The third-order valence-electron chi connectivity index (χ3n) is 5.90. The van der Waals surface area contributed by atoms with Crippen LogP contribution in [0.3, 0.4) is 0 Å². The molecule has 0 spiro atoms. The first-order valence-corrected chi connectivity index (χ1v) is 11.0. The van der Waals surface area contributed by atoms with Crippen LogP contribution in [0.1, 0.15) is 51.8 Å². The Kier molecular flexibility index (Phi) is 5.18. The average Bonchev–Trinajstić information content (AvgIpc) is 3.59. The van der Waals surface area contributed by atoms with Crippen molar-refractivity contribution >= 4 is 34.1 Å². The van der Waals surface area contributed by atoms with Gasteiger partial charge in [-0.25, -0.2) is 4.39 Å². The van der Waals surface area contributed by atoms with Gasteiger partial charge in [-0.05, 0) is 68.7 Å². The molecular weight excluding hydrogens is 427 g/mol. The number of rotatable bonds is 5. The van der Waals surface area contributed by atoms with Gasteiger partial charge in [0.25, 0.3) is 5.91 Å². The molecular formula is C25H22ClFN4O. The van der Waals surface area contributed by atoms with Crippen molar-refractivity contribution in [3.8, 4) is 0 Å². The van der Waals surface area contributed by atoms with Gasteiger partial charge in [0.05, 0.1) is 34.7 Å². The first-order valence-electron chi connectivity index (χ1n) is 10.6. The minimum Gasteiger partial charge on any atom is -0.319 e. The quantitative estimate of drug-likeness (QED) is 0.406. The maximum atomic E-state index is 13.4. The number of hydrogen-bond donors (Lipinski definition) is 1. The Morgan fingerprint density at radius 1 is 1.16 bits per heavy atom. The van der Waals surface area contributed by atoms with E-state index in [4.69, 9.17) is 16.6 Å². The fourth-order valence-corrected chi connectivity index (χ4v) is 4.14. The molecule has 7 heteroatoms. The van der Waals surface area contributed by atoms with Crippen LogP contribution in [0, 0.1) is 19.7 Å². The summed E-state index contributed by atoms with van der Waals surface area (Å²) in [6.07, 6.45) is 2.20. The third-order valence-corrected chi connectivity index (χ3v) is 6.13. The van der Waals surface area contributed by atoms with E-state index in [1.165, 1.54) is 12.1 Å². The maximum absolute atomic E-state index is 13.4. The first kappa shape index (κ1) is 20.6. The minimum absolute atomic E-state index is 0.214. The molecule has 0 radical (unpaired) electrons. The van der Waals surface area contributed by atoms with Crippen molar-refractivity contribution in [3.63, 3.8) is 0 Å². The standard InChI is InChI=1S/C25H22ClFN4O/c1-14-24(15(2)31(30-14)13-16-3-8-19(27)9-4-16)29-25(32)21-12-23(17-5-6-17)28-22-10-7-18(26)11-20(21)22/h3-4,7-12,17H,5-6,13H2,1-2H3,(H,29,32). The summed E-state index contributed by atoms with van der Waals surface area (Å²) in [5, 5.41) is 8.93. The van der Waals surface area contributed by atoms with Crippen LogP contribution in [0.25, 0.3) is 10.9 Å². The van der Waals surface area contributed by atoms with Gasteiger partial charge in [0.2, 0.25) is 0 Å². The first-order chi connectivity index (χ1) is 15.4. The van der Waals surface area contributed by atoms with Crippen molar-refractivity contribution in [1.82, 2.24) is 14.8 Å². The number of aromatic nitrogens is 3. The zero-order valence-corrected chi connectivity index (χ0v) is 18.6. The van der Waals surface area contributed by atoms with Gasteiger partial charge in [-0.2, -0.15) is 5.10 Å². The van der Waals surface area contributed by atoms with Crippen LogP contribution in [-0.2, 0) is 6.54 Å². The van der Waals surface area contributed by atoms with E-state index in [9.17, 15) is 9.18 Å². The highest BCUT2D eigenvalue weighted by Gasteiger charge is 2.27. The molecule has 2 aromatic carbocycles. The molecule has 4 aromatic rings. The summed E-state index contributed by atoms with van der Waals surface area (Å²) in [7, 11) is 0. The van der Waals surface area contributed by atoms with Gasteiger partial charge in [0.1, 0.15) is 5.82 Å². The Morgan fingerprint density at radius 2 is 1.91 bits per heavy atom. The molecule has 1 N–H and O–H groups in total. The number of carbonyl (C=O) groups is 1. The van der Waals surface area contributed by atoms with Crippen molar-refractivity contribution in [2.45, 2.75) is 39.2 Å². The number of pyridine rings is 1. The molecule has 162 valence electrons. The number of carbonyl (C=O) groups excluding carboxylic acids is 1. The number of hydrogen-bond acceptors (Lipinski definition) is 3. The highest BCUT2D eigenvalue weighted by Crippen LogP contribution is 2.40. The van der Waals surface area contributed by atoms with Crippen molar-refractivity contribution in [2.24, 2.45) is 0 Å². The smallest absolute Gasteiger partial charge is 0.256 e. The molecule has 1 fully saturated rings. The van der Waals surface area contributed by atoms with Gasteiger partial charge < -0.3 is 5.32 Å². The molecule has 0 atom stereocenters. The Balaban J connectivity index is 1.47. The molecule has 0 bridgehead atoms. The Bertz CT molecular complexity index is 1340. The Labute approximate surface area is 190 Å². The van der Waals surface area contributed by atoms with Crippen molar-refractivity contribution in [3.05, 3.63) is 87.6 Å². The van der Waals surface area contributed by atoms with E-state index >= 15 is 0 Å². The molecule has 5 nitrogen and oxygen atoms in total. The van der Waals surface area contributed by atoms with E-state index in [0.717, 1.165) is 46.4 Å². The maximum Gasteiger partial charge on any atom is 0.256 e. The fourth-order valence-electron chi connectivity index (χ4n) is 3.97. The van der Waals surface area contributed by atoms with E-state index in [-0.39, 0.29) is 11.7 Å². The Hall–Kier alpha value is -3.25. The third kappa shape index (κ3) is 3.98. The predicted molar refractivity (Wildman–Crippen MR) is 124 cm³/mol. The second-order valence-electron chi connectivity index (χ2n) is 8.31. The van der Waals surface area contributed by atoms with E-state index in [1.54, 1.807) is 24.3 Å². The zero-order chi connectivity index (χ0) is 22.4. The largest absolute Gasteiger partial charge is 0.319 e. The predicted octanol–water partition coefficient (Wildman–Crippen LogP) is 6.02. The van der Waals surface area contributed by atoms with Crippen molar-refractivity contribution < 1.29 is 9.18 Å². The number of amides is 1. The molecule has 1 aliphatic rings. The average molecular weight is 449 g/mol. The molecule has 1 saturated carbocycles. The highest BCUT2D eigenvalue weighted by molar-refractivity contribution is 6.31. The summed E-state index contributed by atoms with van der Waals surface area (Å²) >= 11 is 6.21. The van der Waals surface area contributed by atoms with Crippen molar-refractivity contribution in [1.29, 1.82) is 0 Å². The number of fused-ring (bicyclic) bond motifs is 1. The lowest BCUT2D eigenvalue weighted by molar-refractivity contribution is 0.102. The van der Waals surface area contributed by atoms with Crippen LogP contribution in [0.2, 0.25) is 5.02 Å². The molecule has 2 heterocycles. The van der Waals surface area contributed by atoms with Crippen LogP contribution < -0.4 is 5.32 Å². The topological polar surface area (TPSA) is 59.8 Å². The van der Waals surface area contributed by atoms with Crippen LogP contribution in [0.5, 0.6) is 0 Å². The van der Waals surface area contributed by atoms with Crippen LogP contribution >= 0.6 is 11.6 Å². The molecule has 1 aliphatic carbocycles. The molecule has 0 saturated heterocycles. The van der Waals surface area contributed by atoms with Gasteiger partial charge in [-0.15, -0.1) is 0 Å². The second kappa shape index (κ2) is 8.02. The minimum atomic E-state index is -0.273. The van der Waals surface area contributed by atoms with Crippen molar-refractivity contribution in [2.75, 3.05) is 5.32 Å². The fraction of sp³-hybridized carbons (Fsp3) is 0.240. The van der Waals surface area contributed by atoms with E-state index in [1.807, 2.05) is 30.7 Å². The summed E-state index contributed by atoms with van der Waals surface area (Å²) in [6, 6.07) is 13.7. The van der Waals surface area contributed by atoms with E-state index in [0.29, 0.717) is 28.7 Å². The summed E-state index contributed by atoms with van der Waals surface area (Å²) < 4.78 is 15.0. The Morgan fingerprint density at radius 3 is 2.62 bits per heavy atom.